The second-order valence-corrected chi connectivity index (χ2v) is 14.3. The highest BCUT2D eigenvalue weighted by atomic mass is 16.7. The van der Waals surface area contributed by atoms with Crippen molar-refractivity contribution in [2.45, 2.75) is 81.7 Å². The minimum Gasteiger partial charge on any atom is -0.465 e. The summed E-state index contributed by atoms with van der Waals surface area (Å²) in [6.07, 6.45) is 8.09. The van der Waals surface area contributed by atoms with Crippen LogP contribution in [0.25, 0.3) is 21.9 Å². The molecular weight excluding hydrogens is 626 g/mol. The van der Waals surface area contributed by atoms with Gasteiger partial charge in [0.25, 0.3) is 0 Å². The molecule has 0 radical (unpaired) electrons. The maximum absolute atomic E-state index is 12.1. The second-order valence-electron chi connectivity index (χ2n) is 14.3. The monoisotopic (exact) mass is 669 g/mol. The lowest BCUT2D eigenvalue weighted by atomic mass is 9.95. The number of carbonyl (C=O) groups is 1. The highest BCUT2D eigenvalue weighted by Crippen LogP contribution is 2.41. The fraction of sp³-hybridized carbons (Fsp3) is 0.556. The number of ether oxygens (including phenoxy) is 4. The van der Waals surface area contributed by atoms with Gasteiger partial charge >= 0.3 is 18.1 Å². The first-order chi connectivity index (χ1) is 23.9. The van der Waals surface area contributed by atoms with Crippen LogP contribution in [0.2, 0.25) is 0 Å². The Balaban J connectivity index is 1.08. The molecule has 5 fully saturated rings. The molecule has 5 saturated heterocycles. The van der Waals surface area contributed by atoms with Crippen LogP contribution in [-0.2, 0) is 11.8 Å². The molecule has 2 aromatic carbocycles. The number of aryl methyl sites for hydroxylation is 1. The summed E-state index contributed by atoms with van der Waals surface area (Å²) < 4.78 is 27.1. The van der Waals surface area contributed by atoms with Crippen molar-refractivity contribution in [3.8, 4) is 23.5 Å². The van der Waals surface area contributed by atoms with Gasteiger partial charge in [-0.15, -0.1) is 0 Å². The van der Waals surface area contributed by atoms with Crippen molar-refractivity contribution in [3.05, 3.63) is 36.4 Å². The molecule has 0 spiro atoms. The smallest absolute Gasteiger partial charge is 0.407 e. The summed E-state index contributed by atoms with van der Waals surface area (Å²) in [5.74, 6) is 1.94. The minimum absolute atomic E-state index is 0.0439. The third kappa shape index (κ3) is 5.47. The molecule has 7 heterocycles. The Bertz CT molecular complexity index is 1870. The summed E-state index contributed by atoms with van der Waals surface area (Å²) in [5, 5.41) is 11.8. The van der Waals surface area contributed by atoms with E-state index in [4.69, 9.17) is 33.9 Å². The number of anilines is 1. The Kier molecular flexibility index (Phi) is 7.64. The number of aromatic nitrogens is 4. The van der Waals surface area contributed by atoms with Gasteiger partial charge < -0.3 is 29.0 Å². The molecule has 0 aliphatic carbocycles. The van der Waals surface area contributed by atoms with E-state index in [1.807, 2.05) is 48.0 Å². The van der Waals surface area contributed by atoms with Crippen LogP contribution in [0.5, 0.6) is 23.5 Å². The molecule has 0 saturated carbocycles. The first-order valence-corrected chi connectivity index (χ1v) is 17.8. The zero-order chi connectivity index (χ0) is 33.1. The summed E-state index contributed by atoms with van der Waals surface area (Å²) in [4.78, 5) is 33.3. The highest BCUT2D eigenvalue weighted by molar-refractivity contribution is 5.90. The summed E-state index contributed by atoms with van der Waals surface area (Å²) >= 11 is 0. The van der Waals surface area contributed by atoms with Crippen LogP contribution >= 0.6 is 0 Å². The third-order valence-electron chi connectivity index (χ3n) is 11.3. The van der Waals surface area contributed by atoms with Gasteiger partial charge in [-0.3, -0.25) is 14.4 Å². The number of benzene rings is 2. The predicted molar refractivity (Wildman–Crippen MR) is 182 cm³/mol. The first kappa shape index (κ1) is 30.7. The third-order valence-corrected chi connectivity index (χ3v) is 11.3. The van der Waals surface area contributed by atoms with E-state index in [0.717, 1.165) is 68.8 Å². The SMILES string of the molecule is Cn1c(Oc2cc(OC3CCCCO3)cc3ccccc23)nc2c(N3CC4CCC(C3)N4C(=O)O)nc(OCC34CCCN3CCC4)nc21. The van der Waals surface area contributed by atoms with Gasteiger partial charge in [0.05, 0.1) is 24.2 Å². The number of rotatable bonds is 8. The van der Waals surface area contributed by atoms with E-state index in [0.29, 0.717) is 66.8 Å². The predicted octanol–water partition coefficient (Wildman–Crippen LogP) is 5.55. The lowest BCUT2D eigenvalue weighted by Crippen LogP contribution is -2.55. The first-order valence-electron chi connectivity index (χ1n) is 17.8. The topological polar surface area (TPSA) is 128 Å². The zero-order valence-corrected chi connectivity index (χ0v) is 27.9. The fourth-order valence-corrected chi connectivity index (χ4v) is 8.89. The lowest BCUT2D eigenvalue weighted by molar-refractivity contribution is -0.105. The minimum atomic E-state index is -0.858. The molecule has 258 valence electrons. The summed E-state index contributed by atoms with van der Waals surface area (Å²) in [5.41, 5.74) is 1.24. The Hall–Kier alpha value is -4.36. The summed E-state index contributed by atoms with van der Waals surface area (Å²) in [6.45, 7) is 4.53. The van der Waals surface area contributed by atoms with Crippen LogP contribution in [-0.4, -0.2) is 104 Å². The number of fused-ring (bicyclic) bond motifs is 5. The Morgan fingerprint density at radius 2 is 1.80 bits per heavy atom. The van der Waals surface area contributed by atoms with E-state index < -0.39 is 6.09 Å². The van der Waals surface area contributed by atoms with Gasteiger partial charge in [0.1, 0.15) is 18.1 Å². The molecule has 5 aliphatic rings. The van der Waals surface area contributed by atoms with E-state index in [-0.39, 0.29) is 23.9 Å². The lowest BCUT2D eigenvalue weighted by Gasteiger charge is -2.40. The largest absolute Gasteiger partial charge is 0.465 e. The highest BCUT2D eigenvalue weighted by Gasteiger charge is 2.46. The van der Waals surface area contributed by atoms with Gasteiger partial charge in [0.2, 0.25) is 0 Å². The average molecular weight is 670 g/mol. The number of piperazine rings is 1. The Labute approximate surface area is 284 Å². The number of nitrogens with zero attached hydrogens (tertiary/aromatic N) is 7. The molecule has 13 heteroatoms. The van der Waals surface area contributed by atoms with E-state index in [1.165, 1.54) is 12.8 Å². The van der Waals surface area contributed by atoms with Crippen LogP contribution in [0.4, 0.5) is 10.6 Å². The van der Waals surface area contributed by atoms with E-state index >= 15 is 0 Å². The second kappa shape index (κ2) is 12.2. The zero-order valence-electron chi connectivity index (χ0n) is 27.9. The van der Waals surface area contributed by atoms with Gasteiger partial charge in [-0.25, -0.2) is 4.79 Å². The molecule has 2 bridgehead atoms. The summed E-state index contributed by atoms with van der Waals surface area (Å²) in [7, 11) is 1.89. The normalized spacial score (nSPS) is 24.9. The Morgan fingerprint density at radius 1 is 1.00 bits per heavy atom. The number of amides is 1. The summed E-state index contributed by atoms with van der Waals surface area (Å²) in [6, 6.07) is 12.4. The van der Waals surface area contributed by atoms with Gasteiger partial charge in [0.15, 0.2) is 23.3 Å². The maximum atomic E-state index is 12.1. The maximum Gasteiger partial charge on any atom is 0.407 e. The number of hydrogen-bond donors (Lipinski definition) is 1. The van der Waals surface area contributed by atoms with Crippen LogP contribution in [0.3, 0.4) is 0 Å². The van der Waals surface area contributed by atoms with Crippen molar-refractivity contribution in [2.24, 2.45) is 7.05 Å². The van der Waals surface area contributed by atoms with Crippen LogP contribution < -0.4 is 19.1 Å². The van der Waals surface area contributed by atoms with Gasteiger partial charge in [0, 0.05) is 38.0 Å². The van der Waals surface area contributed by atoms with Crippen molar-refractivity contribution >= 4 is 33.8 Å². The molecule has 4 aromatic rings. The molecule has 3 atom stereocenters. The van der Waals surface area contributed by atoms with Gasteiger partial charge in [-0.1, -0.05) is 24.3 Å². The van der Waals surface area contributed by atoms with Crippen molar-refractivity contribution < 1.29 is 28.8 Å². The molecule has 5 aliphatic heterocycles. The van der Waals surface area contributed by atoms with E-state index in [9.17, 15) is 9.90 Å². The average Bonchev–Trinajstić information content (AvgIpc) is 3.84. The molecule has 13 nitrogen and oxygen atoms in total. The molecule has 1 N–H and O–H groups in total. The van der Waals surface area contributed by atoms with Crippen molar-refractivity contribution in [3.63, 3.8) is 0 Å². The molecule has 1 amide bonds. The van der Waals surface area contributed by atoms with E-state index in [2.05, 4.69) is 9.80 Å². The quantitative estimate of drug-likeness (QED) is 0.254. The van der Waals surface area contributed by atoms with Gasteiger partial charge in [-0.05, 0) is 75.9 Å². The molecular formula is C36H43N7O6. The van der Waals surface area contributed by atoms with Crippen LogP contribution in [0, 0.1) is 0 Å². The van der Waals surface area contributed by atoms with Crippen LogP contribution in [0.15, 0.2) is 36.4 Å². The Morgan fingerprint density at radius 3 is 2.55 bits per heavy atom. The van der Waals surface area contributed by atoms with Crippen molar-refractivity contribution in [1.82, 2.24) is 29.3 Å². The van der Waals surface area contributed by atoms with Crippen molar-refractivity contribution in [2.75, 3.05) is 44.3 Å². The standard InChI is InChI=1S/C36H43N7O6/c1-40-31-30(37-34(40)49-28-19-26(48-29-10-4-5-17-46-29)18-23-8-2-3-9-27(23)28)32(41-20-24-11-12-25(21-41)43(24)35(44)45)39-33(38-31)47-22-36-13-6-15-42(36)16-7-14-36/h2-3,8-9,18-19,24-25,29H,4-7,10-17,20-22H2,1H3,(H,44,45). The van der Waals surface area contributed by atoms with Crippen molar-refractivity contribution in [1.29, 1.82) is 0 Å². The number of hydrogen-bond acceptors (Lipinski definition) is 10. The van der Waals surface area contributed by atoms with E-state index in [1.54, 1.807) is 4.90 Å². The molecule has 3 unspecified atom stereocenters. The molecule has 49 heavy (non-hydrogen) atoms. The van der Waals surface area contributed by atoms with Crippen LogP contribution in [0.1, 0.15) is 57.8 Å². The number of carboxylic acid groups (broad SMARTS) is 1. The number of imidazole rings is 1. The van der Waals surface area contributed by atoms with Gasteiger partial charge in [-0.2, -0.15) is 15.0 Å². The fourth-order valence-electron chi connectivity index (χ4n) is 8.89. The molecule has 9 rings (SSSR count). The molecule has 2 aromatic heterocycles.